The van der Waals surface area contributed by atoms with Gasteiger partial charge < -0.3 is 15.0 Å². The zero-order valence-corrected chi connectivity index (χ0v) is 14.8. The molecule has 0 fully saturated rings. The van der Waals surface area contributed by atoms with Crippen molar-refractivity contribution >= 4 is 17.4 Å². The molecular formula is C22H20N4O. The number of carbonyl (C=O) groups is 1. The van der Waals surface area contributed by atoms with Crippen LogP contribution in [0, 0.1) is 0 Å². The Kier molecular flexibility index (Phi) is 4.83. The molecule has 27 heavy (non-hydrogen) atoms. The van der Waals surface area contributed by atoms with Crippen LogP contribution in [0.3, 0.4) is 0 Å². The molecule has 0 atom stereocenters. The molecular weight excluding hydrogens is 336 g/mol. The number of nitrogens with zero attached hydrogens (tertiary/aromatic N) is 2. The van der Waals surface area contributed by atoms with E-state index in [1.54, 1.807) is 0 Å². The highest BCUT2D eigenvalue weighted by molar-refractivity contribution is 5.94. The van der Waals surface area contributed by atoms with E-state index in [1.807, 2.05) is 77.5 Å². The van der Waals surface area contributed by atoms with Crippen molar-refractivity contribution in [2.45, 2.75) is 6.42 Å². The Labute approximate surface area is 157 Å². The summed E-state index contributed by atoms with van der Waals surface area (Å²) in [6, 6.07) is 23.4. The zero-order valence-electron chi connectivity index (χ0n) is 14.8. The average molecular weight is 356 g/mol. The molecule has 0 bridgehead atoms. The second-order valence-corrected chi connectivity index (χ2v) is 6.25. The lowest BCUT2D eigenvalue weighted by molar-refractivity contribution is 0.252. The van der Waals surface area contributed by atoms with Gasteiger partial charge in [0.15, 0.2) is 0 Å². The maximum absolute atomic E-state index is 12.3. The lowest BCUT2D eigenvalue weighted by Gasteiger charge is -2.11. The molecule has 0 saturated carbocycles. The van der Waals surface area contributed by atoms with Gasteiger partial charge in [0.2, 0.25) is 0 Å². The topological polar surface area (TPSA) is 58.4 Å². The smallest absolute Gasteiger partial charge is 0.319 e. The summed E-state index contributed by atoms with van der Waals surface area (Å²) in [4.78, 5) is 17.0. The largest absolute Gasteiger partial charge is 0.338 e. The van der Waals surface area contributed by atoms with Gasteiger partial charge in [0.25, 0.3) is 0 Å². The van der Waals surface area contributed by atoms with Gasteiger partial charge in [-0.1, -0.05) is 54.6 Å². The van der Waals surface area contributed by atoms with E-state index in [9.17, 15) is 4.79 Å². The Morgan fingerprint density at radius 3 is 2.56 bits per heavy atom. The van der Waals surface area contributed by atoms with Gasteiger partial charge in [-0.25, -0.2) is 9.78 Å². The van der Waals surface area contributed by atoms with E-state index >= 15 is 0 Å². The predicted molar refractivity (Wildman–Crippen MR) is 108 cm³/mol. The van der Waals surface area contributed by atoms with Crippen LogP contribution in [0.4, 0.5) is 10.5 Å². The fourth-order valence-corrected chi connectivity index (χ4v) is 3.01. The second kappa shape index (κ2) is 7.74. The predicted octanol–water partition coefficient (Wildman–Crippen LogP) is 4.37. The SMILES string of the molecule is O=C(NCCc1ccccc1)Nc1ccccc1-c1cn2ccccc2n1. The molecule has 134 valence electrons. The summed E-state index contributed by atoms with van der Waals surface area (Å²) in [5.41, 5.74) is 4.51. The highest BCUT2D eigenvalue weighted by Gasteiger charge is 2.11. The number of aromatic nitrogens is 2. The van der Waals surface area contributed by atoms with Gasteiger partial charge in [0.1, 0.15) is 5.65 Å². The summed E-state index contributed by atoms with van der Waals surface area (Å²) in [5, 5.41) is 5.85. The maximum Gasteiger partial charge on any atom is 0.319 e. The molecule has 2 N–H and O–H groups in total. The Morgan fingerprint density at radius 2 is 1.70 bits per heavy atom. The molecule has 5 heteroatoms. The molecule has 4 aromatic rings. The van der Waals surface area contributed by atoms with Crippen LogP contribution in [0.25, 0.3) is 16.9 Å². The summed E-state index contributed by atoms with van der Waals surface area (Å²) in [7, 11) is 0. The standard InChI is InChI=1S/C22H20N4O/c27-22(23-14-13-17-8-2-1-3-9-17)25-19-11-5-4-10-18(19)20-16-26-15-7-6-12-21(26)24-20/h1-12,15-16H,13-14H2,(H2,23,25,27). The minimum atomic E-state index is -0.220. The summed E-state index contributed by atoms with van der Waals surface area (Å²) in [6.07, 6.45) is 4.71. The number of anilines is 1. The van der Waals surface area contributed by atoms with Crippen molar-refractivity contribution in [2.24, 2.45) is 0 Å². The van der Waals surface area contributed by atoms with Crippen LogP contribution in [-0.2, 0) is 6.42 Å². The van der Waals surface area contributed by atoms with Crippen molar-refractivity contribution in [1.82, 2.24) is 14.7 Å². The Bertz CT molecular complexity index is 1020. The first kappa shape index (κ1) is 16.8. The monoisotopic (exact) mass is 356 g/mol. The fraction of sp³-hybridized carbons (Fsp3) is 0.0909. The van der Waals surface area contributed by atoms with E-state index in [0.717, 1.165) is 29.0 Å². The number of pyridine rings is 1. The summed E-state index contributed by atoms with van der Waals surface area (Å²) >= 11 is 0. The zero-order chi connectivity index (χ0) is 18.5. The van der Waals surface area contributed by atoms with Crippen LogP contribution in [-0.4, -0.2) is 22.0 Å². The van der Waals surface area contributed by atoms with Gasteiger partial charge in [-0.05, 0) is 30.2 Å². The Morgan fingerprint density at radius 1 is 0.926 bits per heavy atom. The number of rotatable bonds is 5. The number of fused-ring (bicyclic) bond motifs is 1. The third-order valence-corrected chi connectivity index (χ3v) is 4.36. The Hall–Kier alpha value is -3.60. The summed E-state index contributed by atoms with van der Waals surface area (Å²) in [5.74, 6) is 0. The Balaban J connectivity index is 1.45. The van der Waals surface area contributed by atoms with Crippen LogP contribution in [0.5, 0.6) is 0 Å². The van der Waals surface area contributed by atoms with Crippen LogP contribution < -0.4 is 10.6 Å². The van der Waals surface area contributed by atoms with Crippen LogP contribution in [0.15, 0.2) is 85.2 Å². The van der Waals surface area contributed by atoms with Gasteiger partial charge in [-0.15, -0.1) is 0 Å². The number of imidazole rings is 1. The van der Waals surface area contributed by atoms with Crippen molar-refractivity contribution in [2.75, 3.05) is 11.9 Å². The van der Waals surface area contributed by atoms with Gasteiger partial charge in [0, 0.05) is 24.5 Å². The van der Waals surface area contributed by atoms with E-state index in [0.29, 0.717) is 6.54 Å². The molecule has 2 aromatic carbocycles. The van der Waals surface area contributed by atoms with Crippen molar-refractivity contribution in [3.8, 4) is 11.3 Å². The number of hydrogen-bond donors (Lipinski definition) is 2. The van der Waals surface area contributed by atoms with Crippen molar-refractivity contribution in [3.63, 3.8) is 0 Å². The normalized spacial score (nSPS) is 10.7. The second-order valence-electron chi connectivity index (χ2n) is 6.25. The first-order chi connectivity index (χ1) is 13.3. The van der Waals surface area contributed by atoms with E-state index in [-0.39, 0.29) is 6.03 Å². The lowest BCUT2D eigenvalue weighted by atomic mass is 10.1. The number of carbonyl (C=O) groups excluding carboxylic acids is 1. The molecule has 0 aliphatic carbocycles. The molecule has 0 saturated heterocycles. The first-order valence-corrected chi connectivity index (χ1v) is 8.91. The molecule has 4 rings (SSSR count). The van der Waals surface area contributed by atoms with Gasteiger partial charge in [-0.3, -0.25) is 0 Å². The number of nitrogens with one attached hydrogen (secondary N) is 2. The van der Waals surface area contributed by atoms with Crippen molar-refractivity contribution < 1.29 is 4.79 Å². The van der Waals surface area contributed by atoms with Gasteiger partial charge >= 0.3 is 6.03 Å². The van der Waals surface area contributed by atoms with Crippen LogP contribution >= 0.6 is 0 Å². The maximum atomic E-state index is 12.3. The number of benzene rings is 2. The fourth-order valence-electron chi connectivity index (χ4n) is 3.01. The van der Waals surface area contributed by atoms with Crippen molar-refractivity contribution in [3.05, 3.63) is 90.8 Å². The minimum Gasteiger partial charge on any atom is -0.338 e. The third-order valence-electron chi connectivity index (χ3n) is 4.36. The van der Waals surface area contributed by atoms with Crippen LogP contribution in [0.2, 0.25) is 0 Å². The number of hydrogen-bond acceptors (Lipinski definition) is 2. The van der Waals surface area contributed by atoms with E-state index in [4.69, 9.17) is 0 Å². The third kappa shape index (κ3) is 3.98. The highest BCUT2D eigenvalue weighted by atomic mass is 16.2. The highest BCUT2D eigenvalue weighted by Crippen LogP contribution is 2.27. The van der Waals surface area contributed by atoms with Gasteiger partial charge in [-0.2, -0.15) is 0 Å². The number of para-hydroxylation sites is 1. The van der Waals surface area contributed by atoms with E-state index < -0.39 is 0 Å². The average Bonchev–Trinajstić information content (AvgIpc) is 3.13. The minimum absolute atomic E-state index is 0.220. The summed E-state index contributed by atoms with van der Waals surface area (Å²) in [6.45, 7) is 0.576. The van der Waals surface area contributed by atoms with Gasteiger partial charge in [0.05, 0.1) is 11.4 Å². The van der Waals surface area contributed by atoms with Crippen LogP contribution in [0.1, 0.15) is 5.56 Å². The first-order valence-electron chi connectivity index (χ1n) is 8.91. The lowest BCUT2D eigenvalue weighted by Crippen LogP contribution is -2.30. The molecule has 0 aliphatic rings. The number of urea groups is 1. The van der Waals surface area contributed by atoms with E-state index in [1.165, 1.54) is 5.56 Å². The molecule has 0 aliphatic heterocycles. The molecule has 2 aromatic heterocycles. The quantitative estimate of drug-likeness (QED) is 0.558. The molecule has 0 unspecified atom stereocenters. The summed E-state index contributed by atoms with van der Waals surface area (Å²) < 4.78 is 1.96. The van der Waals surface area contributed by atoms with E-state index in [2.05, 4.69) is 27.8 Å². The molecule has 0 spiro atoms. The van der Waals surface area contributed by atoms with Crippen molar-refractivity contribution in [1.29, 1.82) is 0 Å². The molecule has 2 amide bonds. The number of amides is 2. The molecule has 2 heterocycles. The molecule has 0 radical (unpaired) electrons. The molecule has 5 nitrogen and oxygen atoms in total.